The maximum atomic E-state index is 5.79. The molecule has 2 rings (SSSR count). The highest BCUT2D eigenvalue weighted by Crippen LogP contribution is 2.28. The van der Waals surface area contributed by atoms with Gasteiger partial charge in [0.25, 0.3) is 0 Å². The summed E-state index contributed by atoms with van der Waals surface area (Å²) < 4.78 is 0. The van der Waals surface area contributed by atoms with E-state index in [0.29, 0.717) is 5.82 Å². The van der Waals surface area contributed by atoms with Gasteiger partial charge in [-0.2, -0.15) is 0 Å². The molecule has 0 bridgehead atoms. The lowest BCUT2D eigenvalue weighted by Gasteiger charge is -2.15. The zero-order valence-electron chi connectivity index (χ0n) is 11.8. The summed E-state index contributed by atoms with van der Waals surface area (Å²) in [6.07, 6.45) is 0.782. The number of anilines is 2. The lowest BCUT2D eigenvalue weighted by molar-refractivity contribution is 0.856. The van der Waals surface area contributed by atoms with Crippen LogP contribution < -0.4 is 11.1 Å². The lowest BCUT2D eigenvalue weighted by Crippen LogP contribution is -2.10. The van der Waals surface area contributed by atoms with E-state index in [1.165, 1.54) is 15.3 Å². The SMILES string of the molecule is CCc1nc(N)cc(NC(C)c2cc(C)sc2C)n1. The van der Waals surface area contributed by atoms with Crippen molar-refractivity contribution in [1.82, 2.24) is 9.97 Å². The minimum Gasteiger partial charge on any atom is -0.384 e. The van der Waals surface area contributed by atoms with Crippen LogP contribution in [-0.4, -0.2) is 9.97 Å². The van der Waals surface area contributed by atoms with Crippen molar-refractivity contribution in [3.05, 3.63) is 33.3 Å². The van der Waals surface area contributed by atoms with E-state index < -0.39 is 0 Å². The molecule has 2 aromatic rings. The fraction of sp³-hybridized carbons (Fsp3) is 0.429. The molecule has 0 saturated heterocycles. The Hall–Kier alpha value is -1.62. The average Bonchev–Trinajstić information content (AvgIpc) is 2.67. The van der Waals surface area contributed by atoms with Crippen molar-refractivity contribution >= 4 is 23.0 Å². The van der Waals surface area contributed by atoms with Crippen LogP contribution in [0.15, 0.2) is 12.1 Å². The third kappa shape index (κ3) is 3.23. The Labute approximate surface area is 118 Å². The van der Waals surface area contributed by atoms with Gasteiger partial charge in [0.1, 0.15) is 17.5 Å². The van der Waals surface area contributed by atoms with Crippen molar-refractivity contribution in [2.24, 2.45) is 0 Å². The second-order valence-electron chi connectivity index (χ2n) is 4.68. The van der Waals surface area contributed by atoms with Crippen LogP contribution in [0.25, 0.3) is 0 Å². The first kappa shape index (κ1) is 13.8. The summed E-state index contributed by atoms with van der Waals surface area (Å²) in [5.74, 6) is 2.08. The summed E-state index contributed by atoms with van der Waals surface area (Å²) in [7, 11) is 0. The maximum Gasteiger partial charge on any atom is 0.132 e. The Morgan fingerprint density at radius 2 is 2.05 bits per heavy atom. The Kier molecular flexibility index (Phi) is 4.04. The highest BCUT2D eigenvalue weighted by molar-refractivity contribution is 7.12. The summed E-state index contributed by atoms with van der Waals surface area (Å²) in [5.41, 5.74) is 7.11. The number of thiophene rings is 1. The molecular formula is C14H20N4S. The Bertz CT molecular complexity index is 577. The number of nitrogens with one attached hydrogen (secondary N) is 1. The standard InChI is InChI=1S/C14H20N4S/c1-5-13-17-12(15)7-14(18-13)16-9(3)11-6-8(2)19-10(11)4/h6-7,9H,5H2,1-4H3,(H3,15,16,17,18). The summed E-state index contributed by atoms with van der Waals surface area (Å²) in [4.78, 5) is 11.3. The fourth-order valence-corrected chi connectivity index (χ4v) is 3.15. The predicted octanol–water partition coefficient (Wildman–Crippen LogP) is 3.47. The highest BCUT2D eigenvalue weighted by Gasteiger charge is 2.12. The molecule has 19 heavy (non-hydrogen) atoms. The van der Waals surface area contributed by atoms with Gasteiger partial charge in [-0.3, -0.25) is 0 Å². The number of nitrogens with two attached hydrogens (primary N) is 1. The molecule has 3 N–H and O–H groups in total. The molecule has 0 aliphatic heterocycles. The quantitative estimate of drug-likeness (QED) is 0.897. The van der Waals surface area contributed by atoms with E-state index in [2.05, 4.69) is 42.1 Å². The van der Waals surface area contributed by atoms with Crippen LogP contribution in [0.3, 0.4) is 0 Å². The van der Waals surface area contributed by atoms with Gasteiger partial charge in [0.05, 0.1) is 6.04 Å². The summed E-state index contributed by atoms with van der Waals surface area (Å²) >= 11 is 1.82. The van der Waals surface area contributed by atoms with Gasteiger partial charge >= 0.3 is 0 Å². The van der Waals surface area contributed by atoms with Crippen LogP contribution in [0.2, 0.25) is 0 Å². The minimum atomic E-state index is 0.212. The number of nitrogens with zero attached hydrogens (tertiary/aromatic N) is 2. The average molecular weight is 276 g/mol. The van der Waals surface area contributed by atoms with Gasteiger partial charge in [-0.15, -0.1) is 11.3 Å². The molecule has 0 aliphatic carbocycles. The molecule has 1 unspecified atom stereocenters. The predicted molar refractivity (Wildman–Crippen MR) is 81.7 cm³/mol. The first-order chi connectivity index (χ1) is 8.99. The topological polar surface area (TPSA) is 63.8 Å². The second-order valence-corrected chi connectivity index (χ2v) is 6.14. The largest absolute Gasteiger partial charge is 0.384 e. The van der Waals surface area contributed by atoms with Gasteiger partial charge in [-0.1, -0.05) is 6.92 Å². The molecule has 2 heterocycles. The van der Waals surface area contributed by atoms with E-state index in [4.69, 9.17) is 5.73 Å². The number of aromatic nitrogens is 2. The van der Waals surface area contributed by atoms with Gasteiger partial charge in [0.2, 0.25) is 0 Å². The van der Waals surface area contributed by atoms with Crippen LogP contribution in [0, 0.1) is 13.8 Å². The molecule has 0 radical (unpaired) electrons. The number of hydrogen-bond donors (Lipinski definition) is 2. The number of nitrogen functional groups attached to an aromatic ring is 1. The summed E-state index contributed by atoms with van der Waals surface area (Å²) in [6.45, 7) is 8.44. The molecule has 4 nitrogen and oxygen atoms in total. The molecule has 5 heteroatoms. The van der Waals surface area contributed by atoms with Crippen LogP contribution in [0.5, 0.6) is 0 Å². The zero-order valence-corrected chi connectivity index (χ0v) is 12.6. The van der Waals surface area contributed by atoms with E-state index in [1.54, 1.807) is 6.07 Å². The smallest absolute Gasteiger partial charge is 0.132 e. The normalized spacial score (nSPS) is 12.4. The first-order valence-corrected chi connectivity index (χ1v) is 7.28. The number of aryl methyl sites for hydroxylation is 3. The summed E-state index contributed by atoms with van der Waals surface area (Å²) in [6, 6.07) is 4.22. The van der Waals surface area contributed by atoms with Crippen molar-refractivity contribution in [2.75, 3.05) is 11.1 Å². The van der Waals surface area contributed by atoms with Gasteiger partial charge in [0, 0.05) is 22.2 Å². The van der Waals surface area contributed by atoms with E-state index >= 15 is 0 Å². The second kappa shape index (κ2) is 5.57. The lowest BCUT2D eigenvalue weighted by atomic mass is 10.1. The molecule has 0 aromatic carbocycles. The van der Waals surface area contributed by atoms with E-state index in [1.807, 2.05) is 18.3 Å². The Morgan fingerprint density at radius 1 is 1.32 bits per heavy atom. The number of rotatable bonds is 4. The fourth-order valence-electron chi connectivity index (χ4n) is 2.13. The van der Waals surface area contributed by atoms with E-state index in [9.17, 15) is 0 Å². The van der Waals surface area contributed by atoms with Crippen molar-refractivity contribution in [3.8, 4) is 0 Å². The van der Waals surface area contributed by atoms with Crippen LogP contribution in [0.4, 0.5) is 11.6 Å². The van der Waals surface area contributed by atoms with Crippen LogP contribution in [0.1, 0.15) is 41.0 Å². The first-order valence-electron chi connectivity index (χ1n) is 6.46. The van der Waals surface area contributed by atoms with Crippen molar-refractivity contribution < 1.29 is 0 Å². The van der Waals surface area contributed by atoms with Gasteiger partial charge in [0.15, 0.2) is 0 Å². The van der Waals surface area contributed by atoms with Crippen LogP contribution in [-0.2, 0) is 6.42 Å². The molecule has 102 valence electrons. The Morgan fingerprint density at radius 3 is 2.63 bits per heavy atom. The van der Waals surface area contributed by atoms with Crippen molar-refractivity contribution in [3.63, 3.8) is 0 Å². The van der Waals surface area contributed by atoms with Crippen LogP contribution >= 0.6 is 11.3 Å². The molecule has 0 amide bonds. The minimum absolute atomic E-state index is 0.212. The van der Waals surface area contributed by atoms with Gasteiger partial charge in [-0.25, -0.2) is 9.97 Å². The molecule has 1 atom stereocenters. The molecular weight excluding hydrogens is 256 g/mol. The van der Waals surface area contributed by atoms with Gasteiger partial charge < -0.3 is 11.1 Å². The van der Waals surface area contributed by atoms with E-state index in [0.717, 1.165) is 18.1 Å². The molecule has 0 aliphatic rings. The van der Waals surface area contributed by atoms with Gasteiger partial charge in [-0.05, 0) is 32.4 Å². The monoisotopic (exact) mass is 276 g/mol. The molecule has 0 spiro atoms. The molecule has 0 saturated carbocycles. The third-order valence-corrected chi connectivity index (χ3v) is 4.00. The number of hydrogen-bond acceptors (Lipinski definition) is 5. The maximum absolute atomic E-state index is 5.79. The highest BCUT2D eigenvalue weighted by atomic mass is 32.1. The molecule has 2 aromatic heterocycles. The summed E-state index contributed by atoms with van der Waals surface area (Å²) in [5, 5.41) is 3.40. The van der Waals surface area contributed by atoms with Crippen molar-refractivity contribution in [1.29, 1.82) is 0 Å². The van der Waals surface area contributed by atoms with E-state index in [-0.39, 0.29) is 6.04 Å². The zero-order chi connectivity index (χ0) is 14.0. The third-order valence-electron chi connectivity index (χ3n) is 3.02. The Balaban J connectivity index is 2.21. The van der Waals surface area contributed by atoms with Crippen molar-refractivity contribution in [2.45, 2.75) is 40.2 Å². The molecule has 0 fully saturated rings.